The lowest BCUT2D eigenvalue weighted by Gasteiger charge is -2.34. The number of carbonyl (C=O) groups excluding carboxylic acids is 1. The molecule has 15 heteroatoms. The van der Waals surface area contributed by atoms with Gasteiger partial charge in [0.25, 0.3) is 0 Å². The molecule has 2 aromatic carbocycles. The number of hydrogen-bond acceptors (Lipinski definition) is 7. The molecule has 262 valence electrons. The summed E-state index contributed by atoms with van der Waals surface area (Å²) in [4.78, 5) is 31.0. The van der Waals surface area contributed by atoms with E-state index in [1.54, 1.807) is 35.0 Å². The highest BCUT2D eigenvalue weighted by Crippen LogP contribution is 2.34. The lowest BCUT2D eigenvalue weighted by molar-refractivity contribution is -0.134. The molecule has 49 heavy (non-hydrogen) atoms. The Morgan fingerprint density at radius 3 is 2.37 bits per heavy atom. The SMILES string of the molecule is C[Si](C)(C)CCOCn1ccc2c(Oc3c(F)cc(CC(NC(=O)O)C(=O)N4CCC(S(=O)(=O)c5ccccc5)CC4)cc3F)ccnc21. The fraction of sp³-hybridized carbons (Fsp3) is 0.382. The molecule has 0 radical (unpaired) electrons. The van der Waals surface area contributed by atoms with Crippen LogP contribution in [-0.2, 0) is 32.5 Å². The highest BCUT2D eigenvalue weighted by atomic mass is 32.2. The van der Waals surface area contributed by atoms with E-state index in [4.69, 9.17) is 9.47 Å². The van der Waals surface area contributed by atoms with Crippen molar-refractivity contribution >= 4 is 40.9 Å². The van der Waals surface area contributed by atoms with Crippen LogP contribution in [-0.4, -0.2) is 79.0 Å². The van der Waals surface area contributed by atoms with Crippen LogP contribution < -0.4 is 10.1 Å². The first-order chi connectivity index (χ1) is 23.2. The van der Waals surface area contributed by atoms with Gasteiger partial charge in [0.05, 0.1) is 15.5 Å². The minimum Gasteiger partial charge on any atom is -0.465 e. The molecule has 1 aliphatic heterocycles. The van der Waals surface area contributed by atoms with E-state index < -0.39 is 58.6 Å². The van der Waals surface area contributed by atoms with Gasteiger partial charge in [-0.2, -0.15) is 0 Å². The van der Waals surface area contributed by atoms with Gasteiger partial charge in [-0.05, 0) is 60.8 Å². The average Bonchev–Trinajstić information content (AvgIpc) is 3.48. The molecule has 0 aliphatic carbocycles. The van der Waals surface area contributed by atoms with Crippen molar-refractivity contribution in [3.8, 4) is 11.5 Å². The van der Waals surface area contributed by atoms with Crippen LogP contribution in [0.2, 0.25) is 25.7 Å². The predicted molar refractivity (Wildman–Crippen MR) is 182 cm³/mol. The number of piperidine rings is 1. The third-order valence-corrected chi connectivity index (χ3v) is 12.4. The Kier molecular flexibility index (Phi) is 11.0. The Balaban J connectivity index is 1.26. The Labute approximate surface area is 284 Å². The number of hydrogen-bond donors (Lipinski definition) is 2. The zero-order chi connectivity index (χ0) is 35.3. The molecule has 1 fully saturated rings. The third-order valence-electron chi connectivity index (χ3n) is 8.42. The summed E-state index contributed by atoms with van der Waals surface area (Å²) >= 11 is 0. The molecule has 3 heterocycles. The van der Waals surface area contributed by atoms with Crippen LogP contribution in [0.5, 0.6) is 11.5 Å². The number of nitrogens with zero attached hydrogens (tertiary/aromatic N) is 3. The van der Waals surface area contributed by atoms with Crippen molar-refractivity contribution in [2.75, 3.05) is 19.7 Å². The number of aromatic nitrogens is 2. The normalized spacial score (nSPS) is 14.9. The van der Waals surface area contributed by atoms with Gasteiger partial charge in [-0.3, -0.25) is 4.79 Å². The van der Waals surface area contributed by atoms with Crippen LogP contribution in [0.15, 0.2) is 71.9 Å². The quantitative estimate of drug-likeness (QED) is 0.126. The lowest BCUT2D eigenvalue weighted by Crippen LogP contribution is -2.52. The molecule has 5 rings (SSSR count). The highest BCUT2D eigenvalue weighted by molar-refractivity contribution is 7.92. The monoisotopic (exact) mass is 714 g/mol. The second-order valence-corrected chi connectivity index (χ2v) is 21.1. The zero-order valence-electron chi connectivity index (χ0n) is 27.6. The van der Waals surface area contributed by atoms with Crippen molar-refractivity contribution in [3.05, 3.63) is 84.2 Å². The summed E-state index contributed by atoms with van der Waals surface area (Å²) in [5, 5.41) is 11.4. The van der Waals surface area contributed by atoms with Crippen molar-refractivity contribution < 1.29 is 41.4 Å². The van der Waals surface area contributed by atoms with Crippen molar-refractivity contribution in [1.29, 1.82) is 0 Å². The number of pyridine rings is 1. The summed E-state index contributed by atoms with van der Waals surface area (Å²) in [6.45, 7) is 7.81. The van der Waals surface area contributed by atoms with E-state index in [0.717, 1.165) is 18.2 Å². The molecule has 2 N–H and O–H groups in total. The number of benzene rings is 2. The van der Waals surface area contributed by atoms with Gasteiger partial charge in [-0.15, -0.1) is 0 Å². The van der Waals surface area contributed by atoms with Gasteiger partial charge in [-0.1, -0.05) is 37.8 Å². The van der Waals surface area contributed by atoms with E-state index in [9.17, 15) is 23.1 Å². The molecule has 2 amide bonds. The molecule has 1 saturated heterocycles. The highest BCUT2D eigenvalue weighted by Gasteiger charge is 2.35. The second-order valence-electron chi connectivity index (χ2n) is 13.3. The molecule has 0 bridgehead atoms. The average molecular weight is 715 g/mol. The number of rotatable bonds is 13. The van der Waals surface area contributed by atoms with E-state index in [1.807, 2.05) is 0 Å². The molecule has 0 saturated carbocycles. The summed E-state index contributed by atoms with van der Waals surface area (Å²) in [5.74, 6) is -3.18. The van der Waals surface area contributed by atoms with Crippen molar-refractivity contribution in [3.63, 3.8) is 0 Å². The van der Waals surface area contributed by atoms with Gasteiger partial charge in [0, 0.05) is 46.6 Å². The van der Waals surface area contributed by atoms with Crippen LogP contribution >= 0.6 is 0 Å². The Hall–Kier alpha value is -4.34. The molecule has 1 atom stereocenters. The number of fused-ring (bicyclic) bond motifs is 1. The summed E-state index contributed by atoms with van der Waals surface area (Å²) in [5.41, 5.74) is 0.545. The number of halogens is 2. The second kappa shape index (κ2) is 15.0. The minimum absolute atomic E-state index is 0.0255. The maximum atomic E-state index is 15.4. The first-order valence-corrected chi connectivity index (χ1v) is 21.2. The van der Waals surface area contributed by atoms with Crippen molar-refractivity contribution in [1.82, 2.24) is 19.8 Å². The third kappa shape index (κ3) is 8.82. The largest absolute Gasteiger partial charge is 0.465 e. The molecular formula is C34H40F2N4O7SSi. The molecular weight excluding hydrogens is 675 g/mol. The summed E-state index contributed by atoms with van der Waals surface area (Å²) in [7, 11) is -4.86. The van der Waals surface area contributed by atoms with Gasteiger partial charge in [-0.25, -0.2) is 27.0 Å². The molecule has 1 unspecified atom stereocenters. The number of nitrogens with one attached hydrogen (secondary N) is 1. The van der Waals surface area contributed by atoms with Gasteiger partial charge in [0.1, 0.15) is 24.2 Å². The summed E-state index contributed by atoms with van der Waals surface area (Å²) in [6, 6.07) is 12.9. The minimum atomic E-state index is -3.61. The number of carboxylic acid groups (broad SMARTS) is 1. The topological polar surface area (TPSA) is 140 Å². The maximum Gasteiger partial charge on any atom is 0.405 e. The summed E-state index contributed by atoms with van der Waals surface area (Å²) < 4.78 is 70.1. The smallest absolute Gasteiger partial charge is 0.405 e. The lowest BCUT2D eigenvalue weighted by atomic mass is 10.0. The fourth-order valence-corrected chi connectivity index (χ4v) is 8.24. The molecule has 11 nitrogen and oxygen atoms in total. The number of carbonyl (C=O) groups is 2. The molecule has 2 aromatic heterocycles. The number of likely N-dealkylation sites (tertiary alicyclic amines) is 1. The van der Waals surface area contributed by atoms with Crippen LogP contribution in [0, 0.1) is 11.6 Å². The maximum absolute atomic E-state index is 15.4. The van der Waals surface area contributed by atoms with Crippen molar-refractivity contribution in [2.45, 2.75) is 67.9 Å². The van der Waals surface area contributed by atoms with Crippen LogP contribution in [0.25, 0.3) is 11.0 Å². The molecule has 0 spiro atoms. The van der Waals surface area contributed by atoms with Gasteiger partial charge in [0.2, 0.25) is 5.91 Å². The van der Waals surface area contributed by atoms with Gasteiger partial charge in [0.15, 0.2) is 27.2 Å². The Morgan fingerprint density at radius 2 is 1.73 bits per heavy atom. The Morgan fingerprint density at radius 1 is 1.06 bits per heavy atom. The standard InChI is InChI=1S/C34H40F2N4O7SSi/c1-49(2,3)18-17-46-22-40-16-12-26-30(9-13-37-32(26)40)47-31-27(35)19-23(20-28(31)36)21-29(38-34(42)43)33(41)39-14-10-25(11-15-39)48(44,45)24-7-5-4-6-8-24/h4-9,12-13,16,19-20,25,29,38H,10-11,14-15,17-18,21-22H2,1-3H3,(H,42,43). The Bertz CT molecular complexity index is 1890. The van der Waals surface area contributed by atoms with Gasteiger partial charge >= 0.3 is 6.09 Å². The first-order valence-electron chi connectivity index (χ1n) is 16.0. The molecule has 1 aliphatic rings. The van der Waals surface area contributed by atoms with E-state index in [-0.39, 0.29) is 55.3 Å². The van der Waals surface area contributed by atoms with E-state index in [1.165, 1.54) is 29.3 Å². The molecule has 4 aromatic rings. The van der Waals surface area contributed by atoms with Gasteiger partial charge < -0.3 is 29.4 Å². The van der Waals surface area contributed by atoms with E-state index in [2.05, 4.69) is 29.9 Å². The van der Waals surface area contributed by atoms with Crippen LogP contribution in [0.1, 0.15) is 18.4 Å². The van der Waals surface area contributed by atoms with Crippen LogP contribution in [0.3, 0.4) is 0 Å². The van der Waals surface area contributed by atoms with E-state index >= 15 is 8.78 Å². The fourth-order valence-electron chi connectivity index (χ4n) is 5.73. The number of amides is 2. The van der Waals surface area contributed by atoms with E-state index in [0.29, 0.717) is 17.6 Å². The predicted octanol–water partition coefficient (Wildman–Crippen LogP) is 6.06. The number of sulfone groups is 1. The van der Waals surface area contributed by atoms with Crippen molar-refractivity contribution in [2.24, 2.45) is 0 Å². The van der Waals surface area contributed by atoms with Crippen LogP contribution in [0.4, 0.5) is 13.6 Å². The first kappa shape index (κ1) is 36.0. The number of ether oxygens (including phenoxy) is 2. The zero-order valence-corrected chi connectivity index (χ0v) is 29.4. The summed E-state index contributed by atoms with van der Waals surface area (Å²) in [6.07, 6.45) is 1.71.